The van der Waals surface area contributed by atoms with Crippen LogP contribution < -0.4 is 15.9 Å². The number of aromatic nitrogens is 3. The fourth-order valence-corrected chi connectivity index (χ4v) is 4.15. The number of ether oxygens (including phenoxy) is 1. The summed E-state index contributed by atoms with van der Waals surface area (Å²) in [6, 6.07) is 4.86. The minimum atomic E-state index is -2.91. The number of pyridine rings is 1. The minimum absolute atomic E-state index is 0.102. The van der Waals surface area contributed by atoms with E-state index in [0.29, 0.717) is 35.8 Å². The maximum absolute atomic E-state index is 14.7. The van der Waals surface area contributed by atoms with Crippen LogP contribution in [0.4, 0.5) is 19.0 Å². The van der Waals surface area contributed by atoms with E-state index in [4.69, 9.17) is 4.74 Å². The average Bonchev–Trinajstić information content (AvgIpc) is 2.78. The topological polar surface area (TPSA) is 72.3 Å². The maximum atomic E-state index is 14.7. The van der Waals surface area contributed by atoms with Crippen LogP contribution in [0.15, 0.2) is 35.3 Å². The highest BCUT2D eigenvalue weighted by molar-refractivity contribution is 5.88. The number of hydrogen-bond acceptors (Lipinski definition) is 6. The number of nitrogens with one attached hydrogen (secondary N) is 1. The Bertz CT molecular complexity index is 1210. The zero-order chi connectivity index (χ0) is 23.7. The van der Waals surface area contributed by atoms with Gasteiger partial charge in [0, 0.05) is 44.1 Å². The van der Waals surface area contributed by atoms with Gasteiger partial charge in [0.2, 0.25) is 0 Å². The third kappa shape index (κ3) is 4.66. The van der Waals surface area contributed by atoms with Gasteiger partial charge >= 0.3 is 0 Å². The lowest BCUT2D eigenvalue weighted by atomic mass is 10.0. The molecule has 0 aliphatic carbocycles. The molecule has 4 rings (SSSR count). The zero-order valence-corrected chi connectivity index (χ0v) is 18.7. The van der Waals surface area contributed by atoms with Gasteiger partial charge in [-0.25, -0.2) is 27.8 Å². The van der Waals surface area contributed by atoms with Crippen LogP contribution in [0.5, 0.6) is 0 Å². The molecule has 3 aromatic rings. The molecule has 1 fully saturated rings. The number of benzene rings is 1. The third-order valence-corrected chi connectivity index (χ3v) is 6.00. The van der Waals surface area contributed by atoms with Crippen molar-refractivity contribution in [3.63, 3.8) is 0 Å². The highest BCUT2D eigenvalue weighted by atomic mass is 19.3. The van der Waals surface area contributed by atoms with Crippen LogP contribution in [0, 0.1) is 12.7 Å². The summed E-state index contributed by atoms with van der Waals surface area (Å²) in [5.41, 5.74) is -0.327. The number of halogens is 3. The van der Waals surface area contributed by atoms with Gasteiger partial charge in [0.15, 0.2) is 0 Å². The molecule has 1 aromatic carbocycles. The Kier molecular flexibility index (Phi) is 6.55. The second kappa shape index (κ2) is 9.38. The smallest absolute Gasteiger partial charge is 0.271 e. The fourth-order valence-electron chi connectivity index (χ4n) is 4.15. The van der Waals surface area contributed by atoms with Crippen molar-refractivity contribution in [1.82, 2.24) is 14.6 Å². The van der Waals surface area contributed by atoms with E-state index in [0.717, 1.165) is 18.9 Å². The number of hydrogen-bond donors (Lipinski definition) is 1. The van der Waals surface area contributed by atoms with Crippen LogP contribution in [0.3, 0.4) is 0 Å². The summed E-state index contributed by atoms with van der Waals surface area (Å²) in [7, 11) is 1.85. The lowest BCUT2D eigenvalue weighted by Crippen LogP contribution is -2.48. The van der Waals surface area contributed by atoms with Gasteiger partial charge in [0.05, 0.1) is 22.5 Å². The quantitative estimate of drug-likeness (QED) is 0.596. The van der Waals surface area contributed by atoms with Crippen molar-refractivity contribution in [1.29, 1.82) is 0 Å². The maximum Gasteiger partial charge on any atom is 0.271 e. The number of rotatable bonds is 6. The number of aryl methyl sites for hydroxylation is 1. The van der Waals surface area contributed by atoms with Crippen LogP contribution in [0.1, 0.15) is 49.2 Å². The second-order valence-corrected chi connectivity index (χ2v) is 8.21. The van der Waals surface area contributed by atoms with Crippen LogP contribution in [0.2, 0.25) is 0 Å². The predicted octanol–water partition coefficient (Wildman–Crippen LogP) is 4.10. The van der Waals surface area contributed by atoms with Crippen LogP contribution in [-0.2, 0) is 4.74 Å². The van der Waals surface area contributed by atoms with Crippen molar-refractivity contribution in [2.24, 2.45) is 0 Å². The van der Waals surface area contributed by atoms with Crippen molar-refractivity contribution < 1.29 is 17.9 Å². The highest BCUT2D eigenvalue weighted by Gasteiger charge is 2.22. The first kappa shape index (κ1) is 23.0. The van der Waals surface area contributed by atoms with Crippen LogP contribution >= 0.6 is 0 Å². The molecule has 7 nitrogen and oxygen atoms in total. The number of nitrogens with zero attached hydrogens (tertiary/aromatic N) is 4. The highest BCUT2D eigenvalue weighted by Crippen LogP contribution is 2.30. The standard InChI is InChI=1S/C23H26F3N5O2/c1-13(16-5-4-6-17(21(16)24)22(25)26)27-23-18-12-31(30(3)15-7-9-33-10-8-15)20(32)11-19(18)28-14(2)29-23/h4-6,11-13,15,22H,7-10H2,1-3H3,(H,27,28,29)/t13-/m1/s1. The van der Waals surface area contributed by atoms with E-state index in [1.54, 1.807) is 20.0 Å². The third-order valence-electron chi connectivity index (χ3n) is 6.00. The molecule has 3 heterocycles. The first-order chi connectivity index (χ1) is 15.8. The monoisotopic (exact) mass is 461 g/mol. The second-order valence-electron chi connectivity index (χ2n) is 8.21. The molecule has 176 valence electrons. The van der Waals surface area contributed by atoms with E-state index in [9.17, 15) is 18.0 Å². The first-order valence-electron chi connectivity index (χ1n) is 10.8. The van der Waals surface area contributed by atoms with E-state index in [1.165, 1.54) is 22.9 Å². The SMILES string of the molecule is Cc1nc(N[C@H](C)c2cccc(C(F)F)c2F)c2cn(N(C)C3CCOCC3)c(=O)cc2n1. The molecule has 0 amide bonds. The van der Waals surface area contributed by atoms with Crippen molar-refractivity contribution in [2.75, 3.05) is 30.6 Å². The molecule has 10 heteroatoms. The normalized spacial score (nSPS) is 15.7. The van der Waals surface area contributed by atoms with Gasteiger partial charge in [-0.1, -0.05) is 18.2 Å². The molecule has 2 aromatic heterocycles. The van der Waals surface area contributed by atoms with Gasteiger partial charge in [-0.2, -0.15) is 0 Å². The Morgan fingerprint density at radius 2 is 1.91 bits per heavy atom. The van der Waals surface area contributed by atoms with Gasteiger partial charge in [0.25, 0.3) is 12.0 Å². The Hall–Kier alpha value is -3.14. The lowest BCUT2D eigenvalue weighted by Gasteiger charge is -2.33. The molecule has 0 bridgehead atoms. The molecule has 0 unspecified atom stereocenters. The van der Waals surface area contributed by atoms with Crippen molar-refractivity contribution in [3.05, 3.63) is 63.6 Å². The molecular weight excluding hydrogens is 435 g/mol. The van der Waals surface area contributed by atoms with Crippen LogP contribution in [0.25, 0.3) is 10.9 Å². The van der Waals surface area contributed by atoms with Crippen molar-refractivity contribution in [2.45, 2.75) is 45.2 Å². The van der Waals surface area contributed by atoms with Gasteiger partial charge in [-0.05, 0) is 26.7 Å². The fraction of sp³-hybridized carbons (Fsp3) is 0.435. The minimum Gasteiger partial charge on any atom is -0.381 e. The molecule has 33 heavy (non-hydrogen) atoms. The van der Waals surface area contributed by atoms with E-state index >= 15 is 0 Å². The summed E-state index contributed by atoms with van der Waals surface area (Å²) in [6.07, 6.45) is 0.350. The molecule has 1 aliphatic rings. The van der Waals surface area contributed by atoms with Gasteiger partial charge in [-0.3, -0.25) is 4.79 Å². The average molecular weight is 461 g/mol. The largest absolute Gasteiger partial charge is 0.381 e. The number of alkyl halides is 2. The van der Waals surface area contributed by atoms with Gasteiger partial charge in [-0.15, -0.1) is 0 Å². The Morgan fingerprint density at radius 1 is 1.21 bits per heavy atom. The van der Waals surface area contributed by atoms with Crippen molar-refractivity contribution >= 4 is 16.7 Å². The predicted molar refractivity (Wildman–Crippen MR) is 120 cm³/mol. The number of anilines is 1. The summed E-state index contributed by atoms with van der Waals surface area (Å²) in [6.45, 7) is 4.62. The summed E-state index contributed by atoms with van der Waals surface area (Å²) < 4.78 is 47.9. The molecule has 1 aliphatic heterocycles. The van der Waals surface area contributed by atoms with E-state index < -0.39 is 23.8 Å². The van der Waals surface area contributed by atoms with Crippen molar-refractivity contribution in [3.8, 4) is 0 Å². The van der Waals surface area contributed by atoms with E-state index in [-0.39, 0.29) is 17.2 Å². The Balaban J connectivity index is 1.73. The summed E-state index contributed by atoms with van der Waals surface area (Å²) >= 11 is 0. The zero-order valence-electron chi connectivity index (χ0n) is 18.7. The number of fused-ring (bicyclic) bond motifs is 1. The Labute approximate surface area is 189 Å². The summed E-state index contributed by atoms with van der Waals surface area (Å²) in [5, 5.41) is 5.57. The Morgan fingerprint density at radius 3 is 2.61 bits per heavy atom. The first-order valence-corrected chi connectivity index (χ1v) is 10.8. The lowest BCUT2D eigenvalue weighted by molar-refractivity contribution is 0.0807. The molecule has 0 saturated carbocycles. The molecular formula is C23H26F3N5O2. The van der Waals surface area contributed by atoms with Gasteiger partial charge < -0.3 is 15.1 Å². The molecule has 1 atom stereocenters. The molecule has 1 N–H and O–H groups in total. The summed E-state index contributed by atoms with van der Waals surface area (Å²) in [5.74, 6) is -0.131. The van der Waals surface area contributed by atoms with E-state index in [2.05, 4.69) is 15.3 Å². The summed E-state index contributed by atoms with van der Waals surface area (Å²) in [4.78, 5) is 21.6. The molecule has 0 spiro atoms. The molecule has 0 radical (unpaired) electrons. The molecule has 1 saturated heterocycles. The van der Waals surface area contributed by atoms with Crippen LogP contribution in [-0.4, -0.2) is 40.9 Å². The van der Waals surface area contributed by atoms with E-state index in [1.807, 2.05) is 12.1 Å². The van der Waals surface area contributed by atoms with Gasteiger partial charge in [0.1, 0.15) is 17.5 Å².